The number of esters is 2. The Bertz CT molecular complexity index is 738. The highest BCUT2D eigenvalue weighted by atomic mass is 16.8. The molecular formula is C32H54O8. The summed E-state index contributed by atoms with van der Waals surface area (Å²) in [5, 5.41) is 0. The molecule has 4 unspecified atom stereocenters. The van der Waals surface area contributed by atoms with Crippen LogP contribution in [0.2, 0.25) is 0 Å². The van der Waals surface area contributed by atoms with Crippen molar-refractivity contribution in [1.82, 2.24) is 0 Å². The van der Waals surface area contributed by atoms with Crippen molar-refractivity contribution in [3.05, 3.63) is 35.4 Å². The summed E-state index contributed by atoms with van der Waals surface area (Å²) in [5.74, 6) is -1.15. The number of ether oxygens (including phenoxy) is 6. The fourth-order valence-corrected chi connectivity index (χ4v) is 3.99. The van der Waals surface area contributed by atoms with Crippen LogP contribution < -0.4 is 0 Å². The molecule has 8 nitrogen and oxygen atoms in total. The van der Waals surface area contributed by atoms with Gasteiger partial charge in [0.25, 0.3) is 0 Å². The Morgan fingerprint density at radius 2 is 1.05 bits per heavy atom. The third-order valence-electron chi connectivity index (χ3n) is 6.25. The average molecular weight is 567 g/mol. The summed E-state index contributed by atoms with van der Waals surface area (Å²) in [6, 6.07) is 6.30. The van der Waals surface area contributed by atoms with Crippen LogP contribution in [-0.4, -0.2) is 50.3 Å². The summed E-state index contributed by atoms with van der Waals surface area (Å²) >= 11 is 0. The number of carbonyl (C=O) groups excluding carboxylic acids is 2. The highest BCUT2D eigenvalue weighted by Gasteiger charge is 2.22. The first kappa shape index (κ1) is 36.0. The van der Waals surface area contributed by atoms with Crippen LogP contribution >= 0.6 is 0 Å². The van der Waals surface area contributed by atoms with E-state index in [4.69, 9.17) is 28.4 Å². The molecule has 1 aromatic rings. The number of benzene rings is 1. The van der Waals surface area contributed by atoms with Gasteiger partial charge in [-0.1, -0.05) is 85.1 Å². The second-order valence-electron chi connectivity index (χ2n) is 10.1. The van der Waals surface area contributed by atoms with Gasteiger partial charge in [-0.2, -0.15) is 0 Å². The Morgan fingerprint density at radius 1 is 0.625 bits per heavy atom. The summed E-state index contributed by atoms with van der Waals surface area (Å²) in [7, 11) is 0. The molecule has 0 aromatic heterocycles. The average Bonchev–Trinajstić information content (AvgIpc) is 2.93. The van der Waals surface area contributed by atoms with E-state index in [1.165, 1.54) is 31.7 Å². The molecule has 8 heteroatoms. The molecule has 0 bridgehead atoms. The predicted octanol–water partition coefficient (Wildman–Crippen LogP) is 8.17. The topological polar surface area (TPSA) is 89.5 Å². The second kappa shape index (κ2) is 22.7. The van der Waals surface area contributed by atoms with Gasteiger partial charge in [-0.25, -0.2) is 9.59 Å². The maximum atomic E-state index is 12.9. The first-order valence-electron chi connectivity index (χ1n) is 15.4. The monoisotopic (exact) mass is 566 g/mol. The normalized spacial score (nSPS) is 14.3. The standard InChI is InChI=1S/C32H54O8/c1-7-11-13-15-22-35-25(5)37-29(18-9-3)39-31(33)27-20-17-21-28(24-27)32(34)40-30(19-10-4)38-26(6)36-23-16-14-12-8-2/h17,20-21,24-26,29-30H,7-16,18-19,22-23H2,1-6H3. The lowest BCUT2D eigenvalue weighted by molar-refractivity contribution is -0.222. The number of unbranched alkanes of at least 4 members (excludes halogenated alkanes) is 6. The zero-order valence-corrected chi connectivity index (χ0v) is 25.8. The van der Waals surface area contributed by atoms with Crippen molar-refractivity contribution in [2.75, 3.05) is 13.2 Å². The van der Waals surface area contributed by atoms with Gasteiger partial charge in [0.1, 0.15) is 0 Å². The quantitative estimate of drug-likeness (QED) is 0.0703. The van der Waals surface area contributed by atoms with Gasteiger partial charge in [0.15, 0.2) is 12.6 Å². The van der Waals surface area contributed by atoms with Crippen molar-refractivity contribution in [3.8, 4) is 0 Å². The van der Waals surface area contributed by atoms with Gasteiger partial charge in [-0.15, -0.1) is 0 Å². The molecule has 0 fully saturated rings. The van der Waals surface area contributed by atoms with Crippen LogP contribution in [0.4, 0.5) is 0 Å². The Morgan fingerprint density at radius 3 is 1.43 bits per heavy atom. The van der Waals surface area contributed by atoms with Gasteiger partial charge in [-0.3, -0.25) is 0 Å². The maximum Gasteiger partial charge on any atom is 0.340 e. The molecule has 0 aliphatic rings. The van der Waals surface area contributed by atoms with Crippen LogP contribution in [0.3, 0.4) is 0 Å². The zero-order chi connectivity index (χ0) is 29.6. The lowest BCUT2D eigenvalue weighted by Gasteiger charge is -2.23. The van der Waals surface area contributed by atoms with E-state index in [9.17, 15) is 9.59 Å². The van der Waals surface area contributed by atoms with Crippen molar-refractivity contribution in [1.29, 1.82) is 0 Å². The van der Waals surface area contributed by atoms with Gasteiger partial charge in [0.05, 0.1) is 11.1 Å². The number of carbonyl (C=O) groups is 2. The Hall–Kier alpha value is -2.00. The fourth-order valence-electron chi connectivity index (χ4n) is 3.99. The molecule has 0 amide bonds. The van der Waals surface area contributed by atoms with Crippen LogP contribution in [0, 0.1) is 0 Å². The summed E-state index contributed by atoms with van der Waals surface area (Å²) in [6.07, 6.45) is 9.00. The van der Waals surface area contributed by atoms with Crippen LogP contribution in [0.15, 0.2) is 24.3 Å². The van der Waals surface area contributed by atoms with E-state index < -0.39 is 37.1 Å². The van der Waals surface area contributed by atoms with Crippen molar-refractivity contribution >= 4 is 11.9 Å². The molecule has 40 heavy (non-hydrogen) atoms. The Balaban J connectivity index is 2.68. The Labute approximate surface area is 242 Å². The third kappa shape index (κ3) is 16.3. The lowest BCUT2D eigenvalue weighted by atomic mass is 10.1. The van der Waals surface area contributed by atoms with Gasteiger partial charge in [0.2, 0.25) is 12.6 Å². The first-order chi connectivity index (χ1) is 19.3. The Kier molecular flexibility index (Phi) is 20.4. The van der Waals surface area contributed by atoms with E-state index in [2.05, 4.69) is 13.8 Å². The van der Waals surface area contributed by atoms with Crippen molar-refractivity contribution in [3.63, 3.8) is 0 Å². The van der Waals surface area contributed by atoms with Crippen molar-refractivity contribution < 1.29 is 38.0 Å². The minimum Gasteiger partial charge on any atom is -0.432 e. The third-order valence-corrected chi connectivity index (χ3v) is 6.25. The summed E-state index contributed by atoms with van der Waals surface area (Å²) < 4.78 is 34.4. The first-order valence-corrected chi connectivity index (χ1v) is 15.4. The minimum absolute atomic E-state index is 0.240. The van der Waals surface area contributed by atoms with E-state index in [1.807, 2.05) is 13.8 Å². The zero-order valence-electron chi connectivity index (χ0n) is 25.8. The van der Waals surface area contributed by atoms with Gasteiger partial charge in [0, 0.05) is 26.1 Å². The summed E-state index contributed by atoms with van der Waals surface area (Å²) in [4.78, 5) is 25.8. The molecular weight excluding hydrogens is 512 g/mol. The summed E-state index contributed by atoms with van der Waals surface area (Å²) in [6.45, 7) is 13.1. The van der Waals surface area contributed by atoms with Gasteiger partial charge >= 0.3 is 11.9 Å². The number of hydrogen-bond donors (Lipinski definition) is 0. The van der Waals surface area contributed by atoms with E-state index in [0.29, 0.717) is 26.1 Å². The maximum absolute atomic E-state index is 12.9. The van der Waals surface area contributed by atoms with E-state index in [1.54, 1.807) is 32.0 Å². The SMILES string of the molecule is CCCCCCOC(C)OC(CCC)OC(=O)c1cccc(C(=O)OC(CCC)OC(C)OCCCCCC)c1. The van der Waals surface area contributed by atoms with Crippen molar-refractivity contribution in [2.45, 2.75) is 144 Å². The molecule has 0 aliphatic heterocycles. The number of rotatable bonds is 24. The molecule has 230 valence electrons. The summed E-state index contributed by atoms with van der Waals surface area (Å²) in [5.41, 5.74) is 0.480. The molecule has 1 rings (SSSR count). The van der Waals surface area contributed by atoms with Gasteiger partial charge in [-0.05, 0) is 44.9 Å². The lowest BCUT2D eigenvalue weighted by Crippen LogP contribution is -2.28. The molecule has 0 spiro atoms. The minimum atomic E-state index is -0.746. The number of hydrogen-bond acceptors (Lipinski definition) is 8. The van der Waals surface area contributed by atoms with E-state index >= 15 is 0 Å². The highest BCUT2D eigenvalue weighted by molar-refractivity contribution is 5.95. The predicted molar refractivity (Wildman–Crippen MR) is 156 cm³/mol. The van der Waals surface area contributed by atoms with Crippen LogP contribution in [-0.2, 0) is 28.4 Å². The molecule has 4 atom stereocenters. The molecule has 0 saturated carbocycles. The molecule has 0 N–H and O–H groups in total. The van der Waals surface area contributed by atoms with E-state index in [0.717, 1.165) is 38.5 Å². The molecule has 0 heterocycles. The fraction of sp³-hybridized carbons (Fsp3) is 0.750. The molecule has 0 radical (unpaired) electrons. The molecule has 0 aliphatic carbocycles. The largest absolute Gasteiger partial charge is 0.432 e. The van der Waals surface area contributed by atoms with Gasteiger partial charge < -0.3 is 28.4 Å². The smallest absolute Gasteiger partial charge is 0.340 e. The van der Waals surface area contributed by atoms with Crippen LogP contribution in [0.1, 0.15) is 139 Å². The molecule has 0 saturated heterocycles. The van der Waals surface area contributed by atoms with Crippen molar-refractivity contribution in [2.24, 2.45) is 0 Å². The van der Waals surface area contributed by atoms with Crippen LogP contribution in [0.25, 0.3) is 0 Å². The highest BCUT2D eigenvalue weighted by Crippen LogP contribution is 2.17. The second-order valence-corrected chi connectivity index (χ2v) is 10.1. The molecule has 1 aromatic carbocycles. The van der Waals surface area contributed by atoms with Crippen LogP contribution in [0.5, 0.6) is 0 Å². The van der Waals surface area contributed by atoms with E-state index in [-0.39, 0.29) is 11.1 Å².